The lowest BCUT2D eigenvalue weighted by molar-refractivity contribution is 1.32. The summed E-state index contributed by atoms with van der Waals surface area (Å²) in [6, 6.07) is 11.8. The van der Waals surface area contributed by atoms with Crippen molar-refractivity contribution in [3.8, 4) is 0 Å². The summed E-state index contributed by atoms with van der Waals surface area (Å²) in [5, 5.41) is 0. The highest BCUT2D eigenvalue weighted by Crippen LogP contribution is 2.17. The molecule has 0 aliphatic heterocycles. The molecule has 0 aliphatic carbocycles. The average molecular weight is 278 g/mol. The number of aromatic nitrogens is 2. The standard InChI is InChI=1S/C7H5NS2.C5H5NS/c9-7-8-5-3-1-2-4-6(5)10-7;7-5-1-3-6-4-2-5/h1-4H,(H,8,9);1-4H,(H,6,7). The molecule has 0 fully saturated rings. The van der Waals surface area contributed by atoms with Crippen LogP contribution in [0.2, 0.25) is 0 Å². The van der Waals surface area contributed by atoms with Gasteiger partial charge in [-0.1, -0.05) is 24.4 Å². The Hall–Kier alpha value is -1.30. The Balaban J connectivity index is 0.000000136. The molecule has 2 heterocycles. The Morgan fingerprint density at radius 1 is 0.941 bits per heavy atom. The Kier molecular flexibility index (Phi) is 4.19. The van der Waals surface area contributed by atoms with Crippen molar-refractivity contribution in [1.29, 1.82) is 0 Å². The number of aromatic amines is 2. The summed E-state index contributed by atoms with van der Waals surface area (Å²) in [6.07, 6.45) is 3.62. The van der Waals surface area contributed by atoms with Crippen molar-refractivity contribution in [2.45, 2.75) is 0 Å². The number of thiazole rings is 1. The molecule has 2 N–H and O–H groups in total. The zero-order chi connectivity index (χ0) is 12.1. The van der Waals surface area contributed by atoms with E-state index in [1.807, 2.05) is 42.7 Å². The highest BCUT2D eigenvalue weighted by atomic mass is 32.1. The summed E-state index contributed by atoms with van der Waals surface area (Å²) in [5.41, 5.74) is 1.14. The van der Waals surface area contributed by atoms with Gasteiger partial charge in [-0.2, -0.15) is 0 Å². The molecule has 17 heavy (non-hydrogen) atoms. The van der Waals surface area contributed by atoms with Crippen LogP contribution in [-0.2, 0) is 0 Å². The van der Waals surface area contributed by atoms with Crippen LogP contribution in [0.5, 0.6) is 0 Å². The Morgan fingerprint density at radius 2 is 1.65 bits per heavy atom. The van der Waals surface area contributed by atoms with Crippen molar-refractivity contribution in [1.82, 2.24) is 9.97 Å². The molecule has 0 spiro atoms. The van der Waals surface area contributed by atoms with E-state index in [0.29, 0.717) is 0 Å². The van der Waals surface area contributed by atoms with Crippen molar-refractivity contribution in [3.63, 3.8) is 0 Å². The van der Waals surface area contributed by atoms with Crippen LogP contribution in [0.25, 0.3) is 10.2 Å². The van der Waals surface area contributed by atoms with Crippen LogP contribution in [0.15, 0.2) is 48.8 Å². The van der Waals surface area contributed by atoms with E-state index < -0.39 is 0 Å². The predicted octanol–water partition coefficient (Wildman–Crippen LogP) is 4.70. The molecule has 0 bridgehead atoms. The smallest absolute Gasteiger partial charge is 0.159 e. The lowest BCUT2D eigenvalue weighted by Gasteiger charge is -1.81. The molecule has 5 heteroatoms. The highest BCUT2D eigenvalue weighted by Gasteiger charge is 1.91. The summed E-state index contributed by atoms with van der Waals surface area (Å²) < 4.78 is 2.95. The summed E-state index contributed by atoms with van der Waals surface area (Å²) >= 11 is 11.4. The van der Waals surface area contributed by atoms with E-state index in [1.165, 1.54) is 4.70 Å². The number of para-hydroxylation sites is 1. The molecule has 0 atom stereocenters. The first kappa shape index (κ1) is 12.2. The Morgan fingerprint density at radius 3 is 2.24 bits per heavy atom. The van der Waals surface area contributed by atoms with E-state index in [0.717, 1.165) is 14.0 Å². The van der Waals surface area contributed by atoms with Crippen molar-refractivity contribution in [2.24, 2.45) is 0 Å². The number of pyridine rings is 1. The van der Waals surface area contributed by atoms with Gasteiger partial charge in [0.2, 0.25) is 0 Å². The number of hydrogen-bond donors (Lipinski definition) is 2. The van der Waals surface area contributed by atoms with Crippen LogP contribution < -0.4 is 0 Å². The molecule has 0 radical (unpaired) electrons. The molecule has 0 aliphatic rings. The second-order valence-electron chi connectivity index (χ2n) is 3.25. The van der Waals surface area contributed by atoms with Crippen LogP contribution >= 0.6 is 35.8 Å². The van der Waals surface area contributed by atoms with Gasteiger partial charge in [0.05, 0.1) is 10.2 Å². The predicted molar refractivity (Wildman–Crippen MR) is 78.6 cm³/mol. The number of nitrogens with one attached hydrogen (secondary N) is 2. The summed E-state index contributed by atoms with van der Waals surface area (Å²) in [4.78, 5) is 5.96. The van der Waals surface area contributed by atoms with E-state index in [4.69, 9.17) is 24.4 Å². The van der Waals surface area contributed by atoms with Crippen molar-refractivity contribution < 1.29 is 0 Å². The van der Waals surface area contributed by atoms with Crippen LogP contribution in [0.1, 0.15) is 0 Å². The van der Waals surface area contributed by atoms with Crippen molar-refractivity contribution in [3.05, 3.63) is 57.3 Å². The molecule has 3 aromatic rings. The largest absolute Gasteiger partial charge is 0.368 e. The van der Waals surface area contributed by atoms with Crippen molar-refractivity contribution >= 4 is 46.0 Å². The quantitative estimate of drug-likeness (QED) is 0.584. The van der Waals surface area contributed by atoms with Crippen LogP contribution in [0.3, 0.4) is 0 Å². The first-order valence-corrected chi connectivity index (χ1v) is 6.60. The summed E-state index contributed by atoms with van der Waals surface area (Å²) in [5.74, 6) is 0. The molecule has 0 saturated heterocycles. The monoisotopic (exact) mass is 278 g/mol. The van der Waals surface area contributed by atoms with Gasteiger partial charge in [-0.3, -0.25) is 0 Å². The molecule has 0 unspecified atom stereocenters. The van der Waals surface area contributed by atoms with E-state index in [-0.39, 0.29) is 0 Å². The minimum absolute atomic E-state index is 0.848. The summed E-state index contributed by atoms with van der Waals surface area (Å²) in [6.45, 7) is 0. The maximum atomic E-state index is 4.98. The van der Waals surface area contributed by atoms with Gasteiger partial charge in [0.25, 0.3) is 0 Å². The fourth-order valence-corrected chi connectivity index (χ4v) is 2.52. The second kappa shape index (κ2) is 5.86. The molecule has 86 valence electrons. The molecular weight excluding hydrogens is 268 g/mol. The molecule has 2 aromatic heterocycles. The van der Waals surface area contributed by atoms with Crippen LogP contribution in [0, 0.1) is 8.46 Å². The third-order valence-corrected chi connectivity index (χ3v) is 3.50. The SMILES string of the molecule is S=c1[nH]c2ccccc2s1.S=c1cc[nH]cc1. The Labute approximate surface area is 113 Å². The number of benzene rings is 1. The first-order chi connectivity index (χ1) is 8.25. The number of hydrogen-bond acceptors (Lipinski definition) is 3. The fourth-order valence-electron chi connectivity index (χ4n) is 1.27. The van der Waals surface area contributed by atoms with Crippen LogP contribution in [-0.4, -0.2) is 9.97 Å². The van der Waals surface area contributed by atoms with Gasteiger partial charge in [-0.15, -0.1) is 11.3 Å². The average Bonchev–Trinajstić information content (AvgIpc) is 2.71. The minimum Gasteiger partial charge on any atom is -0.368 e. The number of H-pyrrole nitrogens is 2. The van der Waals surface area contributed by atoms with Crippen LogP contribution in [0.4, 0.5) is 0 Å². The molecule has 3 rings (SSSR count). The van der Waals surface area contributed by atoms with E-state index in [2.05, 4.69) is 16.0 Å². The Bertz CT molecular complexity index is 655. The lowest BCUT2D eigenvalue weighted by atomic mass is 10.3. The zero-order valence-electron chi connectivity index (χ0n) is 8.84. The maximum absolute atomic E-state index is 4.98. The van der Waals surface area contributed by atoms with Gasteiger partial charge in [0, 0.05) is 16.9 Å². The first-order valence-electron chi connectivity index (χ1n) is 4.97. The summed E-state index contributed by atoms with van der Waals surface area (Å²) in [7, 11) is 0. The van der Waals surface area contributed by atoms with Gasteiger partial charge in [-0.25, -0.2) is 0 Å². The number of rotatable bonds is 0. The van der Waals surface area contributed by atoms with E-state index in [1.54, 1.807) is 11.3 Å². The molecule has 1 aromatic carbocycles. The molecule has 0 saturated carbocycles. The molecule has 0 amide bonds. The minimum atomic E-state index is 0.848. The van der Waals surface area contributed by atoms with Gasteiger partial charge < -0.3 is 9.97 Å². The highest BCUT2D eigenvalue weighted by molar-refractivity contribution is 7.73. The van der Waals surface area contributed by atoms with E-state index >= 15 is 0 Å². The van der Waals surface area contributed by atoms with Gasteiger partial charge >= 0.3 is 0 Å². The molecule has 2 nitrogen and oxygen atoms in total. The molecular formula is C12H10N2S3. The second-order valence-corrected chi connectivity index (χ2v) is 5.44. The zero-order valence-corrected chi connectivity index (χ0v) is 11.3. The fraction of sp³-hybridized carbons (Fsp3) is 0. The maximum Gasteiger partial charge on any atom is 0.159 e. The van der Waals surface area contributed by atoms with Crippen molar-refractivity contribution in [2.75, 3.05) is 0 Å². The van der Waals surface area contributed by atoms with E-state index in [9.17, 15) is 0 Å². The van der Waals surface area contributed by atoms with Gasteiger partial charge in [-0.05, 0) is 36.5 Å². The topological polar surface area (TPSA) is 31.6 Å². The normalized spacial score (nSPS) is 9.65. The van der Waals surface area contributed by atoms with Gasteiger partial charge in [0.15, 0.2) is 3.95 Å². The number of fused-ring (bicyclic) bond motifs is 1. The van der Waals surface area contributed by atoms with Gasteiger partial charge in [0.1, 0.15) is 0 Å². The lowest BCUT2D eigenvalue weighted by Crippen LogP contribution is -1.62. The third kappa shape index (κ3) is 3.59. The third-order valence-electron chi connectivity index (χ3n) is 2.01.